The fourth-order valence-corrected chi connectivity index (χ4v) is 1.67. The lowest BCUT2D eigenvalue weighted by atomic mass is 10.3. The lowest BCUT2D eigenvalue weighted by Crippen LogP contribution is -2.32. The van der Waals surface area contributed by atoms with E-state index in [0.29, 0.717) is 5.76 Å². The van der Waals surface area contributed by atoms with Gasteiger partial charge in [0.15, 0.2) is 0 Å². The Bertz CT molecular complexity index is 773. The largest absolute Gasteiger partial charge is 0.463 e. The lowest BCUT2D eigenvalue weighted by Gasteiger charge is -2.04. The predicted octanol–water partition coefficient (Wildman–Crippen LogP) is 1.93. The van der Waals surface area contributed by atoms with E-state index in [4.69, 9.17) is 16.0 Å². The Balaban J connectivity index is 1.97. The van der Waals surface area contributed by atoms with Crippen molar-refractivity contribution in [2.24, 2.45) is 5.10 Å². The Morgan fingerprint density at radius 3 is 2.74 bits per heavy atom. The van der Waals surface area contributed by atoms with Gasteiger partial charge in [-0.2, -0.15) is 5.10 Å². The first kappa shape index (κ1) is 16.2. The van der Waals surface area contributed by atoms with Crippen LogP contribution in [0, 0.1) is 10.1 Å². The molecule has 0 radical (unpaired) electrons. The molecule has 0 saturated heterocycles. The van der Waals surface area contributed by atoms with Gasteiger partial charge in [-0.05, 0) is 24.3 Å². The SMILES string of the molecule is O=C(N/N=C/c1ccco1)C(=O)Nc1ccc(Cl)c([N+](=O)[O-])c1. The summed E-state index contributed by atoms with van der Waals surface area (Å²) in [7, 11) is 0. The van der Waals surface area contributed by atoms with Gasteiger partial charge in [0, 0.05) is 11.8 Å². The van der Waals surface area contributed by atoms with E-state index in [9.17, 15) is 19.7 Å². The van der Waals surface area contributed by atoms with Gasteiger partial charge in [-0.3, -0.25) is 19.7 Å². The van der Waals surface area contributed by atoms with Gasteiger partial charge in [-0.15, -0.1) is 0 Å². The molecule has 1 heterocycles. The second kappa shape index (κ2) is 7.18. The molecule has 0 saturated carbocycles. The quantitative estimate of drug-likeness (QED) is 0.381. The third-order valence-corrected chi connectivity index (χ3v) is 2.83. The van der Waals surface area contributed by atoms with Gasteiger partial charge >= 0.3 is 11.8 Å². The number of furan rings is 1. The molecule has 2 aromatic rings. The van der Waals surface area contributed by atoms with Crippen molar-refractivity contribution in [3.8, 4) is 0 Å². The molecule has 2 amide bonds. The second-order valence-corrected chi connectivity index (χ2v) is 4.50. The van der Waals surface area contributed by atoms with Crippen molar-refractivity contribution >= 4 is 41.0 Å². The van der Waals surface area contributed by atoms with Crippen LogP contribution in [0.1, 0.15) is 5.76 Å². The van der Waals surface area contributed by atoms with E-state index in [2.05, 4.69) is 10.4 Å². The summed E-state index contributed by atoms with van der Waals surface area (Å²) in [5, 5.41) is 16.4. The van der Waals surface area contributed by atoms with E-state index in [1.807, 2.05) is 5.43 Å². The van der Waals surface area contributed by atoms with E-state index in [-0.39, 0.29) is 16.4 Å². The van der Waals surface area contributed by atoms with Crippen LogP contribution in [0.25, 0.3) is 0 Å². The zero-order valence-corrected chi connectivity index (χ0v) is 12.1. The number of amides is 2. The molecule has 2 N–H and O–H groups in total. The van der Waals surface area contributed by atoms with Gasteiger partial charge in [-0.25, -0.2) is 5.43 Å². The number of halogens is 1. The van der Waals surface area contributed by atoms with Gasteiger partial charge in [0.2, 0.25) is 0 Å². The summed E-state index contributed by atoms with van der Waals surface area (Å²) in [6.45, 7) is 0. The van der Waals surface area contributed by atoms with Crippen molar-refractivity contribution in [2.45, 2.75) is 0 Å². The van der Waals surface area contributed by atoms with Crippen molar-refractivity contribution in [2.75, 3.05) is 5.32 Å². The molecular formula is C13H9ClN4O5. The molecular weight excluding hydrogens is 328 g/mol. The van der Waals surface area contributed by atoms with Crippen molar-refractivity contribution < 1.29 is 18.9 Å². The topological polar surface area (TPSA) is 127 Å². The molecule has 23 heavy (non-hydrogen) atoms. The fraction of sp³-hybridized carbons (Fsp3) is 0. The maximum Gasteiger partial charge on any atom is 0.329 e. The highest BCUT2D eigenvalue weighted by Gasteiger charge is 2.17. The van der Waals surface area contributed by atoms with Crippen LogP contribution < -0.4 is 10.7 Å². The summed E-state index contributed by atoms with van der Waals surface area (Å²) in [6.07, 6.45) is 2.63. The molecule has 0 atom stereocenters. The van der Waals surface area contributed by atoms with Gasteiger partial charge in [0.25, 0.3) is 5.69 Å². The van der Waals surface area contributed by atoms with E-state index in [1.165, 1.54) is 24.6 Å². The zero-order chi connectivity index (χ0) is 16.8. The second-order valence-electron chi connectivity index (χ2n) is 4.09. The average molecular weight is 337 g/mol. The van der Waals surface area contributed by atoms with E-state index in [0.717, 1.165) is 6.07 Å². The number of carbonyl (C=O) groups is 2. The van der Waals surface area contributed by atoms with Crippen LogP contribution in [-0.4, -0.2) is 23.0 Å². The van der Waals surface area contributed by atoms with E-state index in [1.54, 1.807) is 12.1 Å². The summed E-state index contributed by atoms with van der Waals surface area (Å²) in [6, 6.07) is 6.83. The maximum absolute atomic E-state index is 11.6. The number of rotatable bonds is 4. The number of anilines is 1. The number of benzene rings is 1. The number of hydrazone groups is 1. The summed E-state index contributed by atoms with van der Waals surface area (Å²) in [5.74, 6) is -1.71. The number of carbonyl (C=O) groups excluding carboxylic acids is 2. The first-order valence-corrected chi connectivity index (χ1v) is 6.47. The lowest BCUT2D eigenvalue weighted by molar-refractivity contribution is -0.384. The van der Waals surface area contributed by atoms with Crippen LogP contribution >= 0.6 is 11.6 Å². The van der Waals surface area contributed by atoms with Crippen LogP contribution in [-0.2, 0) is 9.59 Å². The van der Waals surface area contributed by atoms with Crippen molar-refractivity contribution in [1.29, 1.82) is 0 Å². The maximum atomic E-state index is 11.6. The molecule has 0 unspecified atom stereocenters. The highest BCUT2D eigenvalue weighted by molar-refractivity contribution is 6.39. The molecule has 10 heteroatoms. The predicted molar refractivity (Wildman–Crippen MR) is 81.2 cm³/mol. The highest BCUT2D eigenvalue weighted by Crippen LogP contribution is 2.27. The minimum atomic E-state index is -1.05. The number of nitrogens with one attached hydrogen (secondary N) is 2. The zero-order valence-electron chi connectivity index (χ0n) is 11.4. The molecule has 1 aromatic heterocycles. The average Bonchev–Trinajstić information content (AvgIpc) is 3.02. The molecule has 0 spiro atoms. The van der Waals surface area contributed by atoms with Gasteiger partial charge in [-0.1, -0.05) is 11.6 Å². The fourth-order valence-electron chi connectivity index (χ4n) is 1.49. The summed E-state index contributed by atoms with van der Waals surface area (Å²) in [5.41, 5.74) is 1.65. The summed E-state index contributed by atoms with van der Waals surface area (Å²) < 4.78 is 4.94. The smallest absolute Gasteiger partial charge is 0.329 e. The van der Waals surface area contributed by atoms with Gasteiger partial charge < -0.3 is 9.73 Å². The molecule has 9 nitrogen and oxygen atoms in total. The number of nitrogens with zero attached hydrogens (tertiary/aromatic N) is 2. The van der Waals surface area contributed by atoms with Crippen LogP contribution in [0.15, 0.2) is 46.1 Å². The molecule has 0 bridgehead atoms. The standard InChI is InChI=1S/C13H9ClN4O5/c14-10-4-3-8(6-11(10)18(21)22)16-12(19)13(20)17-15-7-9-2-1-5-23-9/h1-7H,(H,16,19)(H,17,20)/b15-7+. The molecule has 118 valence electrons. The third-order valence-electron chi connectivity index (χ3n) is 2.51. The van der Waals surface area contributed by atoms with Crippen LogP contribution in [0.5, 0.6) is 0 Å². The minimum absolute atomic E-state index is 0.0521. The number of hydrogen-bond acceptors (Lipinski definition) is 6. The first-order valence-electron chi connectivity index (χ1n) is 6.09. The molecule has 0 fully saturated rings. The Hall–Kier alpha value is -3.20. The van der Waals surface area contributed by atoms with Crippen molar-refractivity contribution in [1.82, 2.24) is 5.43 Å². The molecule has 2 rings (SSSR count). The molecule has 0 aliphatic rings. The van der Waals surface area contributed by atoms with Crippen LogP contribution in [0.4, 0.5) is 11.4 Å². The Labute approximate surface area is 134 Å². The Kier molecular flexibility index (Phi) is 5.05. The monoisotopic (exact) mass is 336 g/mol. The molecule has 1 aromatic carbocycles. The summed E-state index contributed by atoms with van der Waals surface area (Å²) in [4.78, 5) is 33.2. The van der Waals surface area contributed by atoms with Gasteiger partial charge in [0.1, 0.15) is 10.8 Å². The van der Waals surface area contributed by atoms with E-state index >= 15 is 0 Å². The summed E-state index contributed by atoms with van der Waals surface area (Å²) >= 11 is 5.65. The number of nitro benzene ring substituents is 1. The molecule has 0 aliphatic carbocycles. The van der Waals surface area contributed by atoms with Crippen LogP contribution in [0.3, 0.4) is 0 Å². The van der Waals surface area contributed by atoms with Crippen molar-refractivity contribution in [3.05, 3.63) is 57.5 Å². The van der Waals surface area contributed by atoms with E-state index < -0.39 is 16.7 Å². The Morgan fingerprint density at radius 2 is 2.09 bits per heavy atom. The van der Waals surface area contributed by atoms with Crippen molar-refractivity contribution in [3.63, 3.8) is 0 Å². The minimum Gasteiger partial charge on any atom is -0.463 e. The Morgan fingerprint density at radius 1 is 1.30 bits per heavy atom. The molecule has 0 aliphatic heterocycles. The number of hydrogen-bond donors (Lipinski definition) is 2. The van der Waals surface area contributed by atoms with Gasteiger partial charge in [0.05, 0.1) is 17.4 Å². The third kappa shape index (κ3) is 4.38. The normalized spacial score (nSPS) is 10.5. The number of nitro groups is 1. The highest BCUT2D eigenvalue weighted by atomic mass is 35.5. The first-order chi connectivity index (χ1) is 11.0. The van der Waals surface area contributed by atoms with Crippen LogP contribution in [0.2, 0.25) is 5.02 Å².